The molecule has 2 fully saturated rings. The lowest BCUT2D eigenvalue weighted by molar-refractivity contribution is -0.113. The van der Waals surface area contributed by atoms with Gasteiger partial charge in [0.2, 0.25) is 5.88 Å². The van der Waals surface area contributed by atoms with E-state index in [0.717, 1.165) is 30.6 Å². The van der Waals surface area contributed by atoms with Gasteiger partial charge in [-0.3, -0.25) is 9.63 Å². The van der Waals surface area contributed by atoms with Crippen LogP contribution in [0.1, 0.15) is 28.9 Å². The summed E-state index contributed by atoms with van der Waals surface area (Å²) in [5.41, 5.74) is 0.531. The van der Waals surface area contributed by atoms with E-state index in [2.05, 4.69) is 4.98 Å². The average molecular weight is 334 g/mol. The molecule has 2 unspecified atom stereocenters. The van der Waals surface area contributed by atoms with Gasteiger partial charge in [-0.05, 0) is 25.0 Å². The van der Waals surface area contributed by atoms with Crippen LogP contribution in [0.15, 0.2) is 24.3 Å². The predicted molar refractivity (Wildman–Crippen MR) is 82.4 cm³/mol. The molecule has 1 aromatic heterocycles. The molecule has 23 heavy (non-hydrogen) atoms. The summed E-state index contributed by atoms with van der Waals surface area (Å²) in [6, 6.07) is 5.91. The molecule has 0 radical (unpaired) electrons. The van der Waals surface area contributed by atoms with Crippen LogP contribution in [0.2, 0.25) is 0 Å². The number of hydrogen-bond acceptors (Lipinski definition) is 5. The molecular formula is C16H15FN2O3S. The van der Waals surface area contributed by atoms with E-state index in [0.29, 0.717) is 23.0 Å². The number of hydroxylamine groups is 2. The van der Waals surface area contributed by atoms with Crippen molar-refractivity contribution in [1.82, 2.24) is 10.0 Å². The highest BCUT2D eigenvalue weighted by Gasteiger charge is 2.41. The zero-order valence-corrected chi connectivity index (χ0v) is 13.1. The second-order valence-corrected chi connectivity index (χ2v) is 6.88. The lowest BCUT2D eigenvalue weighted by atomic mass is 10.1. The normalized spacial score (nSPS) is 23.3. The summed E-state index contributed by atoms with van der Waals surface area (Å²) < 4.78 is 13.3. The van der Waals surface area contributed by atoms with E-state index < -0.39 is 0 Å². The molecule has 1 saturated heterocycles. The number of rotatable bonds is 2. The number of carbonyl (C=O) groups excluding carboxylic acids is 1. The molecule has 1 saturated carbocycles. The molecule has 2 heterocycles. The molecule has 7 heteroatoms. The zero-order valence-electron chi connectivity index (χ0n) is 12.2. The van der Waals surface area contributed by atoms with Gasteiger partial charge in [-0.2, -0.15) is 0 Å². The standard InChI is InChI=1S/C16H15FN2O3S/c17-11-5-1-3-9(7-11)15-18-14(20)13(23-15)16(21)19-8-10-4-2-6-12(10)22-19/h1,3,5,7,10,12,20H,2,4,6,8H2. The number of carbonyl (C=O) groups is 1. The van der Waals surface area contributed by atoms with Crippen LogP contribution in [0.5, 0.6) is 5.88 Å². The molecule has 0 bridgehead atoms. The van der Waals surface area contributed by atoms with Gasteiger partial charge in [0.25, 0.3) is 5.91 Å². The third kappa shape index (κ3) is 2.60. The van der Waals surface area contributed by atoms with Crippen molar-refractivity contribution in [2.24, 2.45) is 5.92 Å². The third-order valence-electron chi connectivity index (χ3n) is 4.35. The highest BCUT2D eigenvalue weighted by Crippen LogP contribution is 2.38. The highest BCUT2D eigenvalue weighted by molar-refractivity contribution is 7.17. The summed E-state index contributed by atoms with van der Waals surface area (Å²) in [7, 11) is 0. The SMILES string of the molecule is O=C(c1sc(-c2cccc(F)c2)nc1O)N1CC2CCCC2O1. The summed E-state index contributed by atoms with van der Waals surface area (Å²) in [6.07, 6.45) is 3.28. The number of halogens is 1. The highest BCUT2D eigenvalue weighted by atomic mass is 32.1. The minimum absolute atomic E-state index is 0.108. The number of fused-ring (bicyclic) bond motifs is 1. The monoisotopic (exact) mass is 334 g/mol. The fourth-order valence-corrected chi connectivity index (χ4v) is 4.11. The second-order valence-electron chi connectivity index (χ2n) is 5.88. The van der Waals surface area contributed by atoms with Crippen LogP contribution in [0.4, 0.5) is 4.39 Å². The van der Waals surface area contributed by atoms with Crippen molar-refractivity contribution < 1.29 is 19.1 Å². The largest absolute Gasteiger partial charge is 0.492 e. The topological polar surface area (TPSA) is 62.7 Å². The maximum atomic E-state index is 13.3. The first-order chi connectivity index (χ1) is 11.1. The molecular weight excluding hydrogens is 319 g/mol. The molecule has 5 nitrogen and oxygen atoms in total. The van der Waals surface area contributed by atoms with Crippen LogP contribution in [0.3, 0.4) is 0 Å². The molecule has 0 spiro atoms. The van der Waals surface area contributed by atoms with Crippen molar-refractivity contribution in [3.05, 3.63) is 35.0 Å². The van der Waals surface area contributed by atoms with Crippen molar-refractivity contribution in [1.29, 1.82) is 0 Å². The fourth-order valence-electron chi connectivity index (χ4n) is 3.21. The van der Waals surface area contributed by atoms with Crippen molar-refractivity contribution in [3.63, 3.8) is 0 Å². The van der Waals surface area contributed by atoms with E-state index in [9.17, 15) is 14.3 Å². The van der Waals surface area contributed by atoms with Gasteiger partial charge in [0.1, 0.15) is 10.8 Å². The van der Waals surface area contributed by atoms with Gasteiger partial charge in [-0.15, -0.1) is 11.3 Å². The molecule has 1 amide bonds. The van der Waals surface area contributed by atoms with Crippen molar-refractivity contribution in [2.75, 3.05) is 6.54 Å². The number of aromatic hydroxyl groups is 1. The van der Waals surface area contributed by atoms with Crippen LogP contribution in [0.25, 0.3) is 10.6 Å². The maximum absolute atomic E-state index is 13.3. The third-order valence-corrected chi connectivity index (χ3v) is 5.44. The Balaban J connectivity index is 1.59. The molecule has 1 aliphatic heterocycles. The predicted octanol–water partition coefficient (Wildman–Crippen LogP) is 3.21. The van der Waals surface area contributed by atoms with E-state index in [4.69, 9.17) is 4.84 Å². The fraction of sp³-hybridized carbons (Fsp3) is 0.375. The molecule has 1 aromatic carbocycles. The van der Waals surface area contributed by atoms with Gasteiger partial charge < -0.3 is 5.11 Å². The maximum Gasteiger partial charge on any atom is 0.293 e. The number of amides is 1. The first-order valence-electron chi connectivity index (χ1n) is 7.56. The van der Waals surface area contributed by atoms with Crippen molar-refractivity contribution in [3.8, 4) is 16.5 Å². The van der Waals surface area contributed by atoms with Gasteiger partial charge in [-0.1, -0.05) is 18.6 Å². The van der Waals surface area contributed by atoms with Crippen LogP contribution < -0.4 is 0 Å². The quantitative estimate of drug-likeness (QED) is 0.916. The summed E-state index contributed by atoms with van der Waals surface area (Å²) in [5, 5.41) is 11.7. The summed E-state index contributed by atoms with van der Waals surface area (Å²) in [4.78, 5) is 22.3. The van der Waals surface area contributed by atoms with Crippen molar-refractivity contribution >= 4 is 17.2 Å². The Bertz CT molecular complexity index is 752. The van der Waals surface area contributed by atoms with E-state index >= 15 is 0 Å². The Morgan fingerprint density at radius 3 is 3.09 bits per heavy atom. The smallest absolute Gasteiger partial charge is 0.293 e. The number of nitrogens with zero attached hydrogens (tertiary/aromatic N) is 2. The average Bonchev–Trinajstić information content (AvgIpc) is 3.20. The minimum Gasteiger partial charge on any atom is -0.492 e. The van der Waals surface area contributed by atoms with E-state index in [1.54, 1.807) is 12.1 Å². The van der Waals surface area contributed by atoms with Crippen LogP contribution in [-0.2, 0) is 4.84 Å². The number of aromatic nitrogens is 1. The summed E-state index contributed by atoms with van der Waals surface area (Å²) >= 11 is 1.05. The van der Waals surface area contributed by atoms with Gasteiger partial charge in [0.15, 0.2) is 4.88 Å². The first kappa shape index (κ1) is 14.6. The molecule has 1 N–H and O–H groups in total. The Labute approximate surface area is 136 Å². The summed E-state index contributed by atoms with van der Waals surface area (Å²) in [6.45, 7) is 0.552. The van der Waals surface area contributed by atoms with Gasteiger partial charge in [-0.25, -0.2) is 14.4 Å². The van der Waals surface area contributed by atoms with Gasteiger partial charge in [0, 0.05) is 11.5 Å². The van der Waals surface area contributed by atoms with Crippen LogP contribution in [0, 0.1) is 11.7 Å². The Hall–Kier alpha value is -1.99. The molecule has 2 aromatic rings. The molecule has 2 atom stereocenters. The minimum atomic E-state index is -0.388. The zero-order chi connectivity index (χ0) is 16.0. The van der Waals surface area contributed by atoms with Crippen LogP contribution >= 0.6 is 11.3 Å². The molecule has 1 aliphatic carbocycles. The van der Waals surface area contributed by atoms with E-state index in [1.807, 2.05) is 0 Å². The van der Waals surface area contributed by atoms with Crippen LogP contribution in [-0.4, -0.2) is 33.7 Å². The van der Waals surface area contributed by atoms with E-state index in [1.165, 1.54) is 17.2 Å². The number of hydrogen-bond donors (Lipinski definition) is 1. The Kier molecular flexibility index (Phi) is 3.54. The van der Waals surface area contributed by atoms with Gasteiger partial charge in [0.05, 0.1) is 12.6 Å². The van der Waals surface area contributed by atoms with Gasteiger partial charge >= 0.3 is 0 Å². The molecule has 4 rings (SSSR count). The first-order valence-corrected chi connectivity index (χ1v) is 8.38. The number of benzene rings is 1. The lowest BCUT2D eigenvalue weighted by Crippen LogP contribution is -2.27. The molecule has 120 valence electrons. The summed E-state index contributed by atoms with van der Waals surface area (Å²) in [5.74, 6) is -0.713. The van der Waals surface area contributed by atoms with Crippen molar-refractivity contribution in [2.45, 2.75) is 25.4 Å². The second kappa shape index (κ2) is 5.58. The number of thiazole rings is 1. The lowest BCUT2D eigenvalue weighted by Gasteiger charge is -2.14. The Morgan fingerprint density at radius 2 is 2.30 bits per heavy atom. The Morgan fingerprint density at radius 1 is 1.43 bits per heavy atom. The molecule has 2 aliphatic rings. The van der Waals surface area contributed by atoms with E-state index in [-0.39, 0.29) is 28.6 Å².